The molecule has 2 nitrogen and oxygen atoms in total. The van der Waals surface area contributed by atoms with Gasteiger partial charge in [0.25, 0.3) is 0 Å². The van der Waals surface area contributed by atoms with Gasteiger partial charge in [0, 0.05) is 12.0 Å². The van der Waals surface area contributed by atoms with E-state index in [1.165, 1.54) is 5.56 Å². The molecule has 2 heteroatoms. The number of aryl methyl sites for hydroxylation is 2. The third-order valence-electron chi connectivity index (χ3n) is 3.21. The number of methoxy groups -OCH3 is 1. The number of hydrogen-bond acceptors (Lipinski definition) is 2. The van der Waals surface area contributed by atoms with Gasteiger partial charge in [0.1, 0.15) is 5.75 Å². The minimum atomic E-state index is 0.155. The molecule has 0 heterocycles. The molecule has 0 amide bonds. The van der Waals surface area contributed by atoms with Crippen LogP contribution in [0.15, 0.2) is 42.5 Å². The molecular weight excluding hydrogens is 236 g/mol. The van der Waals surface area contributed by atoms with Crippen molar-refractivity contribution in [2.45, 2.75) is 20.3 Å². The number of benzene rings is 2. The highest BCUT2D eigenvalue weighted by atomic mass is 16.5. The molecule has 0 aliphatic heterocycles. The Hall–Kier alpha value is -2.09. The molecule has 2 aromatic carbocycles. The van der Waals surface area contributed by atoms with Crippen LogP contribution in [0.1, 0.15) is 27.0 Å². The Morgan fingerprint density at radius 2 is 1.74 bits per heavy atom. The first kappa shape index (κ1) is 13.3. The molecule has 0 aliphatic carbocycles. The Kier molecular flexibility index (Phi) is 4.00. The second-order valence-corrected chi connectivity index (χ2v) is 4.77. The minimum absolute atomic E-state index is 0.155. The lowest BCUT2D eigenvalue weighted by Gasteiger charge is -2.07. The number of ketones is 1. The van der Waals surface area contributed by atoms with Crippen molar-refractivity contribution < 1.29 is 9.53 Å². The fourth-order valence-electron chi connectivity index (χ4n) is 2.15. The van der Waals surface area contributed by atoms with Crippen LogP contribution < -0.4 is 4.74 Å². The summed E-state index contributed by atoms with van der Waals surface area (Å²) in [4.78, 5) is 12.3. The predicted octanol–water partition coefficient (Wildman–Crippen LogP) is 3.74. The highest BCUT2D eigenvalue weighted by Crippen LogP contribution is 2.16. The zero-order valence-corrected chi connectivity index (χ0v) is 11.6. The second-order valence-electron chi connectivity index (χ2n) is 4.77. The van der Waals surface area contributed by atoms with Crippen molar-refractivity contribution in [1.82, 2.24) is 0 Å². The maximum atomic E-state index is 12.3. The van der Waals surface area contributed by atoms with Crippen LogP contribution in [-0.4, -0.2) is 12.9 Å². The molecule has 0 N–H and O–H groups in total. The minimum Gasteiger partial charge on any atom is -0.497 e. The van der Waals surface area contributed by atoms with Gasteiger partial charge >= 0.3 is 0 Å². The van der Waals surface area contributed by atoms with Crippen LogP contribution in [0.3, 0.4) is 0 Å². The van der Waals surface area contributed by atoms with Gasteiger partial charge in [-0.05, 0) is 37.1 Å². The summed E-state index contributed by atoms with van der Waals surface area (Å²) in [5, 5.41) is 0. The molecule has 19 heavy (non-hydrogen) atoms. The molecule has 0 spiro atoms. The quantitative estimate of drug-likeness (QED) is 0.777. The first-order valence-corrected chi connectivity index (χ1v) is 6.33. The molecule has 0 saturated heterocycles. The molecule has 2 aromatic rings. The first-order valence-electron chi connectivity index (χ1n) is 6.33. The van der Waals surface area contributed by atoms with Crippen molar-refractivity contribution >= 4 is 5.78 Å². The molecule has 98 valence electrons. The summed E-state index contributed by atoms with van der Waals surface area (Å²) in [6.07, 6.45) is 0.424. The molecule has 0 fully saturated rings. The van der Waals surface area contributed by atoms with Gasteiger partial charge in [-0.2, -0.15) is 0 Å². The van der Waals surface area contributed by atoms with E-state index in [4.69, 9.17) is 4.74 Å². The van der Waals surface area contributed by atoms with Crippen molar-refractivity contribution in [3.8, 4) is 5.75 Å². The van der Waals surface area contributed by atoms with E-state index in [0.29, 0.717) is 6.42 Å². The van der Waals surface area contributed by atoms with Crippen molar-refractivity contribution in [3.63, 3.8) is 0 Å². The van der Waals surface area contributed by atoms with E-state index < -0.39 is 0 Å². The Labute approximate surface area is 114 Å². The second kappa shape index (κ2) is 5.70. The number of Topliss-reactive ketones (excluding diaryl/α,β-unsaturated/α-hetero) is 1. The highest BCUT2D eigenvalue weighted by Gasteiger charge is 2.10. The topological polar surface area (TPSA) is 26.3 Å². The van der Waals surface area contributed by atoms with E-state index in [0.717, 1.165) is 22.4 Å². The van der Waals surface area contributed by atoms with Crippen LogP contribution in [0.4, 0.5) is 0 Å². The number of carbonyl (C=O) groups is 1. The summed E-state index contributed by atoms with van der Waals surface area (Å²) in [7, 11) is 1.63. The Morgan fingerprint density at radius 1 is 1.05 bits per heavy atom. The lowest BCUT2D eigenvalue weighted by molar-refractivity contribution is 0.0992. The average Bonchev–Trinajstić information content (AvgIpc) is 2.39. The van der Waals surface area contributed by atoms with Gasteiger partial charge in [0.15, 0.2) is 5.78 Å². The molecule has 2 rings (SSSR count). The molecule has 0 atom stereocenters. The summed E-state index contributed by atoms with van der Waals surface area (Å²) >= 11 is 0. The summed E-state index contributed by atoms with van der Waals surface area (Å²) in [5.41, 5.74) is 4.03. The van der Waals surface area contributed by atoms with Gasteiger partial charge < -0.3 is 4.74 Å². The van der Waals surface area contributed by atoms with Crippen LogP contribution in [0.2, 0.25) is 0 Å². The molecular formula is C17H18O2. The number of rotatable bonds is 4. The lowest BCUT2D eigenvalue weighted by atomic mass is 9.98. The predicted molar refractivity (Wildman–Crippen MR) is 76.9 cm³/mol. The third-order valence-corrected chi connectivity index (χ3v) is 3.21. The van der Waals surface area contributed by atoms with Crippen LogP contribution in [-0.2, 0) is 6.42 Å². The van der Waals surface area contributed by atoms with Crippen molar-refractivity contribution in [2.24, 2.45) is 0 Å². The summed E-state index contributed by atoms with van der Waals surface area (Å²) < 4.78 is 5.11. The first-order chi connectivity index (χ1) is 9.10. The molecule has 0 radical (unpaired) electrons. The summed E-state index contributed by atoms with van der Waals surface area (Å²) in [6.45, 7) is 4.01. The number of hydrogen-bond donors (Lipinski definition) is 0. The van der Waals surface area contributed by atoms with E-state index in [2.05, 4.69) is 0 Å². The van der Waals surface area contributed by atoms with Crippen LogP contribution in [0.5, 0.6) is 5.75 Å². The van der Waals surface area contributed by atoms with Crippen molar-refractivity contribution in [1.29, 1.82) is 0 Å². The number of ether oxygens (including phenoxy) is 1. The Balaban J connectivity index is 2.15. The maximum absolute atomic E-state index is 12.3. The molecule has 0 aliphatic rings. The van der Waals surface area contributed by atoms with Crippen LogP contribution >= 0.6 is 0 Å². The zero-order valence-electron chi connectivity index (χ0n) is 11.6. The summed E-state index contributed by atoms with van der Waals surface area (Å²) in [5.74, 6) is 0.963. The molecule has 0 bridgehead atoms. The van der Waals surface area contributed by atoms with Gasteiger partial charge in [-0.15, -0.1) is 0 Å². The maximum Gasteiger partial charge on any atom is 0.167 e. The average molecular weight is 254 g/mol. The van der Waals surface area contributed by atoms with Gasteiger partial charge in [-0.1, -0.05) is 35.9 Å². The Bertz CT molecular complexity index is 583. The van der Waals surface area contributed by atoms with Crippen LogP contribution in [0, 0.1) is 13.8 Å². The Morgan fingerprint density at radius 3 is 2.32 bits per heavy atom. The van der Waals surface area contributed by atoms with E-state index in [1.54, 1.807) is 7.11 Å². The standard InChI is InChI=1S/C17H18O2/c1-12-4-9-16(13(2)10-12)17(18)11-14-5-7-15(19-3)8-6-14/h4-10H,11H2,1-3H3. The van der Waals surface area contributed by atoms with Gasteiger partial charge in [-0.3, -0.25) is 4.79 Å². The smallest absolute Gasteiger partial charge is 0.167 e. The third kappa shape index (κ3) is 3.22. The molecule has 0 saturated carbocycles. The largest absolute Gasteiger partial charge is 0.497 e. The summed E-state index contributed by atoms with van der Waals surface area (Å²) in [6, 6.07) is 13.6. The van der Waals surface area contributed by atoms with E-state index in [9.17, 15) is 4.79 Å². The van der Waals surface area contributed by atoms with E-state index in [-0.39, 0.29) is 5.78 Å². The highest BCUT2D eigenvalue weighted by molar-refractivity contribution is 5.98. The van der Waals surface area contributed by atoms with Gasteiger partial charge in [0.05, 0.1) is 7.11 Å². The lowest BCUT2D eigenvalue weighted by Crippen LogP contribution is -2.05. The van der Waals surface area contributed by atoms with Crippen molar-refractivity contribution in [3.05, 3.63) is 64.7 Å². The fourth-order valence-corrected chi connectivity index (χ4v) is 2.15. The molecule has 0 aromatic heterocycles. The van der Waals surface area contributed by atoms with E-state index in [1.807, 2.05) is 56.3 Å². The normalized spacial score (nSPS) is 10.3. The number of carbonyl (C=O) groups excluding carboxylic acids is 1. The van der Waals surface area contributed by atoms with Crippen molar-refractivity contribution in [2.75, 3.05) is 7.11 Å². The van der Waals surface area contributed by atoms with Gasteiger partial charge in [0.2, 0.25) is 0 Å². The SMILES string of the molecule is COc1ccc(CC(=O)c2ccc(C)cc2C)cc1. The fraction of sp³-hybridized carbons (Fsp3) is 0.235. The van der Waals surface area contributed by atoms with E-state index >= 15 is 0 Å². The van der Waals surface area contributed by atoms with Crippen LogP contribution in [0.25, 0.3) is 0 Å². The molecule has 0 unspecified atom stereocenters. The van der Waals surface area contributed by atoms with Gasteiger partial charge in [-0.25, -0.2) is 0 Å². The monoisotopic (exact) mass is 254 g/mol. The zero-order chi connectivity index (χ0) is 13.8.